The van der Waals surface area contributed by atoms with Gasteiger partial charge in [-0.05, 0) is 26.0 Å². The van der Waals surface area contributed by atoms with Gasteiger partial charge in [0.25, 0.3) is 0 Å². The van der Waals surface area contributed by atoms with Gasteiger partial charge >= 0.3 is 0 Å². The Balaban J connectivity index is 1.79. The van der Waals surface area contributed by atoms with Crippen molar-refractivity contribution in [1.29, 1.82) is 0 Å². The molecular formula is C32H24O12. The third kappa shape index (κ3) is 4.31. The van der Waals surface area contributed by atoms with E-state index in [0.717, 1.165) is 18.2 Å². The Morgan fingerprint density at radius 3 is 1.50 bits per heavy atom. The van der Waals surface area contributed by atoms with Crippen LogP contribution >= 0.6 is 0 Å². The third-order valence-electron chi connectivity index (χ3n) is 7.37. The first kappa shape index (κ1) is 28.4. The molecule has 0 spiro atoms. The molecule has 44 heavy (non-hydrogen) atoms. The molecule has 0 bridgehead atoms. The molecule has 4 aromatic carbocycles. The highest BCUT2D eigenvalue weighted by molar-refractivity contribution is 6.18. The van der Waals surface area contributed by atoms with E-state index < -0.39 is 51.5 Å². The number of Topliss-reactive ketones (excluding diaryl/α,β-unsaturated/α-hetero) is 1. The summed E-state index contributed by atoms with van der Waals surface area (Å²) < 4.78 is 11.5. The van der Waals surface area contributed by atoms with Crippen LogP contribution in [0.25, 0.3) is 54.6 Å². The van der Waals surface area contributed by atoms with Crippen molar-refractivity contribution >= 4 is 49.3 Å². The van der Waals surface area contributed by atoms with Gasteiger partial charge in [-0.25, -0.2) is 0 Å². The van der Waals surface area contributed by atoms with Crippen molar-refractivity contribution in [1.82, 2.24) is 0 Å². The molecule has 12 heteroatoms. The van der Waals surface area contributed by atoms with E-state index >= 15 is 0 Å². The highest BCUT2D eigenvalue weighted by atomic mass is 16.3. The summed E-state index contributed by atoms with van der Waals surface area (Å²) in [6.45, 7) is 2.80. The zero-order chi connectivity index (χ0) is 31.8. The summed E-state index contributed by atoms with van der Waals surface area (Å²) in [5, 5.41) is 73.6. The molecule has 6 rings (SSSR count). The van der Waals surface area contributed by atoms with Crippen LogP contribution in [0.2, 0.25) is 0 Å². The number of aliphatic hydroxyl groups is 1. The van der Waals surface area contributed by atoms with E-state index in [1.165, 1.54) is 32.0 Å². The molecule has 6 aromatic rings. The summed E-state index contributed by atoms with van der Waals surface area (Å²) in [5.41, 5.74) is -2.81. The van der Waals surface area contributed by atoms with E-state index in [4.69, 9.17) is 8.83 Å². The van der Waals surface area contributed by atoms with Crippen LogP contribution in [0.4, 0.5) is 0 Å². The Labute approximate surface area is 245 Å². The minimum Gasteiger partial charge on any atom is -0.507 e. The second kappa shape index (κ2) is 9.92. The van der Waals surface area contributed by atoms with E-state index in [0.29, 0.717) is 0 Å². The maximum atomic E-state index is 13.5. The first-order valence-corrected chi connectivity index (χ1v) is 13.3. The summed E-state index contributed by atoms with van der Waals surface area (Å²) in [5.74, 6) is -3.72. The number of carbonyl (C=O) groups excluding carboxylic acids is 1. The number of phenols is 4. The minimum atomic E-state index is -0.885. The molecule has 0 aliphatic carbocycles. The number of carbonyl (C=O) groups is 1. The van der Waals surface area contributed by atoms with Gasteiger partial charge in [-0.1, -0.05) is 0 Å². The Morgan fingerprint density at radius 2 is 1.07 bits per heavy atom. The molecule has 224 valence electrons. The van der Waals surface area contributed by atoms with Crippen LogP contribution in [0, 0.1) is 0 Å². The SMILES string of the molecule is CC(=O)Cc1cc(O)c2c(O)c3c(O)cc(=O)c(-c4c(=O)cc(O)c5c(O)c6c(O)cc(CC(C)O)oc6cc45)c3cc2o1. The van der Waals surface area contributed by atoms with Crippen LogP contribution in [-0.2, 0) is 17.6 Å². The van der Waals surface area contributed by atoms with Crippen LogP contribution < -0.4 is 10.9 Å². The lowest BCUT2D eigenvalue weighted by molar-refractivity contribution is -0.116. The molecule has 2 aromatic heterocycles. The standard InChI is InChI=1S/C32H24O12/c1-11(33)3-13-5-17(35)29-23(43-13)7-15-25(19(37)9-21(39)27(15)31(29)41)26-16-8-24-30(18(36)6-14(44-24)4-12(2)34)32(42)28(16)22(40)10-20(26)38/h5-11,33,35-36,39-42H,3-4H2,1-2H3. The fourth-order valence-electron chi connectivity index (χ4n) is 5.69. The molecule has 0 amide bonds. The number of ketones is 1. The van der Waals surface area contributed by atoms with Gasteiger partial charge in [0.1, 0.15) is 73.7 Å². The zero-order valence-corrected chi connectivity index (χ0v) is 23.1. The van der Waals surface area contributed by atoms with Crippen LogP contribution in [-0.4, -0.2) is 47.6 Å². The molecule has 0 saturated carbocycles. The summed E-state index contributed by atoms with van der Waals surface area (Å²) >= 11 is 0. The Kier molecular flexibility index (Phi) is 6.40. The maximum absolute atomic E-state index is 13.5. The van der Waals surface area contributed by atoms with Crippen LogP contribution in [0.15, 0.2) is 54.8 Å². The molecule has 1 atom stereocenters. The summed E-state index contributed by atoms with van der Waals surface area (Å²) in [4.78, 5) is 38.7. The van der Waals surface area contributed by atoms with E-state index in [9.17, 15) is 50.1 Å². The lowest BCUT2D eigenvalue weighted by Gasteiger charge is -2.16. The number of aliphatic hydroxyl groups excluding tert-OH is 1. The Morgan fingerprint density at radius 1 is 0.659 bits per heavy atom. The molecule has 1 unspecified atom stereocenters. The number of fused-ring (bicyclic) bond motifs is 4. The van der Waals surface area contributed by atoms with Gasteiger partial charge in [-0.15, -0.1) is 0 Å². The number of hydrogen-bond acceptors (Lipinski definition) is 12. The van der Waals surface area contributed by atoms with Crippen molar-refractivity contribution < 1.29 is 49.4 Å². The van der Waals surface area contributed by atoms with Crippen LogP contribution in [0.1, 0.15) is 25.4 Å². The average Bonchev–Trinajstić information content (AvgIpc) is 2.88. The lowest BCUT2D eigenvalue weighted by atomic mass is 9.90. The smallest absolute Gasteiger partial charge is 0.190 e. The Hall–Kier alpha value is -5.75. The molecule has 0 aliphatic rings. The van der Waals surface area contributed by atoms with Crippen LogP contribution in [0.3, 0.4) is 0 Å². The number of rotatable bonds is 5. The van der Waals surface area contributed by atoms with Gasteiger partial charge < -0.3 is 44.6 Å². The highest BCUT2D eigenvalue weighted by Gasteiger charge is 2.26. The van der Waals surface area contributed by atoms with Crippen molar-refractivity contribution in [2.24, 2.45) is 0 Å². The molecule has 0 aliphatic heterocycles. The summed E-state index contributed by atoms with van der Waals surface area (Å²) in [7, 11) is 0. The second-order valence-corrected chi connectivity index (χ2v) is 10.7. The number of phenolic OH excluding ortho intramolecular Hbond substituents is 4. The first-order chi connectivity index (χ1) is 20.8. The fourth-order valence-corrected chi connectivity index (χ4v) is 5.69. The van der Waals surface area contributed by atoms with Crippen molar-refractivity contribution in [3.05, 3.63) is 68.4 Å². The van der Waals surface area contributed by atoms with Crippen LogP contribution in [0.5, 0.6) is 34.5 Å². The van der Waals surface area contributed by atoms with Crippen molar-refractivity contribution in [3.8, 4) is 45.6 Å². The van der Waals surface area contributed by atoms with Gasteiger partial charge in [-0.3, -0.25) is 14.4 Å². The maximum Gasteiger partial charge on any atom is 0.190 e. The number of aromatic hydroxyl groups is 6. The minimum absolute atomic E-state index is 0.0103. The molecule has 12 nitrogen and oxygen atoms in total. The Bertz CT molecular complexity index is 2340. The molecule has 0 saturated heterocycles. The van der Waals surface area contributed by atoms with Gasteiger partial charge in [0, 0.05) is 52.6 Å². The fraction of sp³-hybridized carbons (Fsp3) is 0.156. The first-order valence-electron chi connectivity index (χ1n) is 13.3. The van der Waals surface area contributed by atoms with E-state index in [1.54, 1.807) is 0 Å². The largest absolute Gasteiger partial charge is 0.507 e. The molecule has 0 radical (unpaired) electrons. The monoisotopic (exact) mass is 600 g/mol. The average molecular weight is 601 g/mol. The van der Waals surface area contributed by atoms with Gasteiger partial charge in [0.2, 0.25) is 0 Å². The predicted octanol–water partition coefficient (Wildman–Crippen LogP) is 4.16. The summed E-state index contributed by atoms with van der Waals surface area (Å²) in [6, 6.07) is 6.29. The van der Waals surface area contributed by atoms with Crippen molar-refractivity contribution in [2.75, 3.05) is 0 Å². The van der Waals surface area contributed by atoms with Crippen molar-refractivity contribution in [3.63, 3.8) is 0 Å². The molecule has 7 N–H and O–H groups in total. The summed E-state index contributed by atoms with van der Waals surface area (Å²) in [6.07, 6.45) is -1.06. The van der Waals surface area contributed by atoms with Gasteiger partial charge in [-0.2, -0.15) is 0 Å². The molecular weight excluding hydrogens is 576 g/mol. The van der Waals surface area contributed by atoms with Gasteiger partial charge in [0.05, 0.1) is 23.3 Å². The van der Waals surface area contributed by atoms with Crippen molar-refractivity contribution in [2.45, 2.75) is 32.8 Å². The van der Waals surface area contributed by atoms with E-state index in [2.05, 4.69) is 0 Å². The normalized spacial score (nSPS) is 12.4. The molecule has 0 fully saturated rings. The topological polar surface area (TPSA) is 219 Å². The third-order valence-corrected chi connectivity index (χ3v) is 7.37. The van der Waals surface area contributed by atoms with E-state index in [1.807, 2.05) is 0 Å². The number of benzene rings is 4. The highest BCUT2D eigenvalue weighted by Crippen LogP contribution is 2.48. The van der Waals surface area contributed by atoms with E-state index in [-0.39, 0.29) is 84.8 Å². The zero-order valence-electron chi connectivity index (χ0n) is 23.1. The quantitative estimate of drug-likeness (QED) is 0.139. The predicted molar refractivity (Wildman–Crippen MR) is 159 cm³/mol. The molecule has 2 heterocycles. The van der Waals surface area contributed by atoms with Gasteiger partial charge in [0.15, 0.2) is 10.9 Å². The number of hydrogen-bond donors (Lipinski definition) is 7. The lowest BCUT2D eigenvalue weighted by Crippen LogP contribution is -2.12. The second-order valence-electron chi connectivity index (χ2n) is 10.7.